The molecule has 1 heterocycles. The summed E-state index contributed by atoms with van der Waals surface area (Å²) >= 11 is 0. The number of amides is 2. The van der Waals surface area contributed by atoms with Gasteiger partial charge in [-0.25, -0.2) is 8.42 Å². The van der Waals surface area contributed by atoms with Crippen LogP contribution in [0.1, 0.15) is 31.7 Å². The van der Waals surface area contributed by atoms with Gasteiger partial charge in [-0.2, -0.15) is 0 Å². The highest BCUT2D eigenvalue weighted by molar-refractivity contribution is 7.90. The molecule has 1 aliphatic carbocycles. The van der Waals surface area contributed by atoms with E-state index in [0.29, 0.717) is 24.9 Å². The van der Waals surface area contributed by atoms with Gasteiger partial charge in [0.25, 0.3) is 0 Å². The topological polar surface area (TPSA) is 116 Å². The smallest absolute Gasteiger partial charge is 0.248 e. The fraction of sp³-hybridized carbons (Fsp3) is 0.364. The molecular weight excluding hydrogens is 418 g/mol. The number of carbonyl (C=O) groups excluding carboxylic acids is 2. The van der Waals surface area contributed by atoms with Gasteiger partial charge in [0.1, 0.15) is 11.3 Å². The molecule has 31 heavy (non-hydrogen) atoms. The minimum Gasteiger partial charge on any atom is -0.396 e. The van der Waals surface area contributed by atoms with Crippen LogP contribution in [0.15, 0.2) is 60.5 Å². The fourth-order valence-electron chi connectivity index (χ4n) is 3.51. The van der Waals surface area contributed by atoms with Crippen LogP contribution >= 0.6 is 0 Å². The molecule has 1 aliphatic heterocycles. The SMILES string of the molecule is CC1=CCC(S(=O)(=O)N2C=CNC(=O)[C@H]2CC(=O)Nc2cccc(CCCO)c2)C=C1. The predicted molar refractivity (Wildman–Crippen MR) is 118 cm³/mol. The highest BCUT2D eigenvalue weighted by Crippen LogP contribution is 2.25. The Hall–Kier alpha value is -2.91. The third-order valence-electron chi connectivity index (χ3n) is 5.19. The zero-order valence-corrected chi connectivity index (χ0v) is 18.1. The standard InChI is InChI=1S/C22H27N3O5S/c1-16-7-9-19(10-8-16)31(29,30)25-12-11-23-22(28)20(25)15-21(27)24-18-6-2-4-17(14-18)5-3-13-26/h2,4,6-9,11-12,14,19-20,26H,3,5,10,13,15H2,1H3,(H,23,28)(H,24,27)/t19?,20-/m1/s1. The molecule has 0 aromatic heterocycles. The zero-order valence-electron chi connectivity index (χ0n) is 17.3. The van der Waals surface area contributed by atoms with Crippen molar-refractivity contribution < 1.29 is 23.1 Å². The lowest BCUT2D eigenvalue weighted by atomic mass is 10.1. The van der Waals surface area contributed by atoms with E-state index in [4.69, 9.17) is 5.11 Å². The summed E-state index contributed by atoms with van der Waals surface area (Å²) in [6.07, 6.45) is 9.04. The van der Waals surface area contributed by atoms with Crippen LogP contribution in [0.25, 0.3) is 0 Å². The number of nitrogens with zero attached hydrogens (tertiary/aromatic N) is 1. The summed E-state index contributed by atoms with van der Waals surface area (Å²) in [5.41, 5.74) is 2.50. The van der Waals surface area contributed by atoms with Gasteiger partial charge in [-0.05, 0) is 43.9 Å². The summed E-state index contributed by atoms with van der Waals surface area (Å²) < 4.78 is 27.3. The van der Waals surface area contributed by atoms with E-state index >= 15 is 0 Å². The number of hydrogen-bond donors (Lipinski definition) is 3. The van der Waals surface area contributed by atoms with Crippen LogP contribution in [-0.4, -0.2) is 47.5 Å². The number of aliphatic hydroxyl groups excluding tert-OH is 1. The minimum absolute atomic E-state index is 0.0801. The van der Waals surface area contributed by atoms with Gasteiger partial charge in [0.05, 0.1) is 6.42 Å². The van der Waals surface area contributed by atoms with E-state index in [9.17, 15) is 18.0 Å². The molecule has 2 aliphatic rings. The van der Waals surface area contributed by atoms with Crippen molar-refractivity contribution in [3.8, 4) is 0 Å². The van der Waals surface area contributed by atoms with Crippen molar-refractivity contribution in [1.29, 1.82) is 0 Å². The Labute approximate surface area is 182 Å². The van der Waals surface area contributed by atoms with Gasteiger partial charge >= 0.3 is 0 Å². The Morgan fingerprint density at radius 2 is 2.16 bits per heavy atom. The molecule has 0 saturated carbocycles. The number of nitrogens with one attached hydrogen (secondary N) is 2. The molecule has 166 valence electrons. The van der Waals surface area contributed by atoms with Crippen molar-refractivity contribution in [1.82, 2.24) is 9.62 Å². The van der Waals surface area contributed by atoms with Gasteiger partial charge in [0, 0.05) is 24.7 Å². The molecule has 1 unspecified atom stereocenters. The molecule has 0 radical (unpaired) electrons. The Kier molecular flexibility index (Phi) is 7.29. The molecule has 0 bridgehead atoms. The first kappa shape index (κ1) is 22.8. The Morgan fingerprint density at radius 1 is 1.35 bits per heavy atom. The number of hydrogen-bond acceptors (Lipinski definition) is 5. The monoisotopic (exact) mass is 445 g/mol. The maximum Gasteiger partial charge on any atom is 0.248 e. The lowest BCUT2D eigenvalue weighted by Gasteiger charge is -2.33. The van der Waals surface area contributed by atoms with Crippen LogP contribution in [0.2, 0.25) is 0 Å². The van der Waals surface area contributed by atoms with E-state index in [1.807, 2.05) is 19.1 Å². The summed E-state index contributed by atoms with van der Waals surface area (Å²) in [5, 5.41) is 13.4. The lowest BCUT2D eigenvalue weighted by Crippen LogP contribution is -2.52. The summed E-state index contributed by atoms with van der Waals surface area (Å²) in [5.74, 6) is -1.02. The van der Waals surface area contributed by atoms with Gasteiger partial charge in [-0.1, -0.05) is 35.9 Å². The van der Waals surface area contributed by atoms with Crippen LogP contribution in [0, 0.1) is 0 Å². The van der Waals surface area contributed by atoms with Gasteiger partial charge < -0.3 is 15.7 Å². The first-order valence-electron chi connectivity index (χ1n) is 10.2. The summed E-state index contributed by atoms with van der Waals surface area (Å²) in [6.45, 7) is 1.97. The van der Waals surface area contributed by atoms with Crippen LogP contribution in [0.4, 0.5) is 5.69 Å². The third-order valence-corrected chi connectivity index (χ3v) is 7.27. The first-order valence-corrected chi connectivity index (χ1v) is 11.7. The Morgan fingerprint density at radius 3 is 2.87 bits per heavy atom. The molecule has 1 aromatic rings. The number of carbonyl (C=O) groups is 2. The predicted octanol–water partition coefficient (Wildman–Crippen LogP) is 1.82. The number of anilines is 1. The Balaban J connectivity index is 1.72. The van der Waals surface area contributed by atoms with Gasteiger partial charge in [0.2, 0.25) is 21.8 Å². The van der Waals surface area contributed by atoms with Crippen LogP contribution in [0.5, 0.6) is 0 Å². The van der Waals surface area contributed by atoms with Crippen molar-refractivity contribution in [2.24, 2.45) is 0 Å². The highest BCUT2D eigenvalue weighted by atomic mass is 32.2. The van der Waals surface area contributed by atoms with Crippen LogP contribution in [0.3, 0.4) is 0 Å². The number of sulfonamides is 1. The molecule has 8 nitrogen and oxygen atoms in total. The second-order valence-corrected chi connectivity index (χ2v) is 9.63. The molecule has 3 rings (SSSR count). The van der Waals surface area contributed by atoms with Gasteiger partial charge in [-0.3, -0.25) is 13.9 Å². The molecular formula is C22H27N3O5S. The van der Waals surface area contributed by atoms with Crippen molar-refractivity contribution in [2.75, 3.05) is 11.9 Å². The second kappa shape index (κ2) is 9.93. The second-order valence-electron chi connectivity index (χ2n) is 7.58. The molecule has 2 atom stereocenters. The van der Waals surface area contributed by atoms with E-state index in [1.54, 1.807) is 30.4 Å². The van der Waals surface area contributed by atoms with Crippen molar-refractivity contribution >= 4 is 27.5 Å². The quantitative estimate of drug-likeness (QED) is 0.564. The summed E-state index contributed by atoms with van der Waals surface area (Å²) in [7, 11) is -3.88. The zero-order chi connectivity index (χ0) is 22.4. The lowest BCUT2D eigenvalue weighted by molar-refractivity contribution is -0.127. The number of allylic oxidation sites excluding steroid dienone is 3. The number of rotatable bonds is 8. The maximum atomic E-state index is 13.2. The molecule has 3 N–H and O–H groups in total. The highest BCUT2D eigenvalue weighted by Gasteiger charge is 2.39. The van der Waals surface area contributed by atoms with Crippen molar-refractivity contribution in [3.05, 3.63) is 66.0 Å². The van der Waals surface area contributed by atoms with Crippen molar-refractivity contribution in [3.63, 3.8) is 0 Å². The van der Waals surface area contributed by atoms with E-state index in [1.165, 1.54) is 12.4 Å². The molecule has 1 aromatic carbocycles. The summed E-state index contributed by atoms with van der Waals surface area (Å²) in [4.78, 5) is 25.1. The molecule has 2 amide bonds. The fourth-order valence-corrected chi connectivity index (χ4v) is 5.20. The largest absolute Gasteiger partial charge is 0.396 e. The average molecular weight is 446 g/mol. The van der Waals surface area contributed by atoms with E-state index in [2.05, 4.69) is 10.6 Å². The van der Waals surface area contributed by atoms with Gasteiger partial charge in [-0.15, -0.1) is 0 Å². The van der Waals surface area contributed by atoms with Crippen LogP contribution < -0.4 is 10.6 Å². The van der Waals surface area contributed by atoms with E-state index in [-0.39, 0.29) is 13.0 Å². The maximum absolute atomic E-state index is 13.2. The van der Waals surface area contributed by atoms with Gasteiger partial charge in [0.15, 0.2) is 0 Å². The normalized spacial score (nSPS) is 20.9. The first-order chi connectivity index (χ1) is 14.8. The summed E-state index contributed by atoms with van der Waals surface area (Å²) in [6, 6.07) is 6.03. The number of benzene rings is 1. The van der Waals surface area contributed by atoms with E-state index < -0.39 is 33.1 Å². The third kappa shape index (κ3) is 5.62. The van der Waals surface area contributed by atoms with E-state index in [0.717, 1.165) is 15.4 Å². The molecule has 0 fully saturated rings. The molecule has 0 spiro atoms. The van der Waals surface area contributed by atoms with Crippen LogP contribution in [-0.2, 0) is 26.0 Å². The molecule has 0 saturated heterocycles. The minimum atomic E-state index is -3.88. The number of aliphatic hydroxyl groups is 1. The Bertz CT molecular complexity index is 1030. The average Bonchev–Trinajstić information content (AvgIpc) is 2.74. The molecule has 9 heteroatoms. The van der Waals surface area contributed by atoms with Crippen molar-refractivity contribution in [2.45, 2.75) is 43.9 Å². The number of aryl methyl sites for hydroxylation is 1.